The molecule has 0 radical (unpaired) electrons. The second-order valence-electron chi connectivity index (χ2n) is 17.0. The Balaban J connectivity index is 1.38. The highest BCUT2D eigenvalue weighted by Gasteiger charge is 2.58. The summed E-state index contributed by atoms with van der Waals surface area (Å²) in [5.41, 5.74) is 4.19. The van der Waals surface area contributed by atoms with E-state index < -0.39 is 39.3 Å². The molecule has 11 heteroatoms. The van der Waals surface area contributed by atoms with Crippen molar-refractivity contribution in [2.45, 2.75) is 103 Å². The summed E-state index contributed by atoms with van der Waals surface area (Å²) in [5.74, 6) is -2.60. The van der Waals surface area contributed by atoms with Crippen molar-refractivity contribution in [1.82, 2.24) is 4.90 Å². The molecule has 3 aliphatic rings. The summed E-state index contributed by atoms with van der Waals surface area (Å²) in [4.78, 5) is 41.0. The molecule has 57 heavy (non-hydrogen) atoms. The van der Waals surface area contributed by atoms with Crippen LogP contribution in [0.2, 0.25) is 11.4 Å². The number of amides is 2. The highest BCUT2D eigenvalue weighted by atomic mass is 28.4. The third-order valence-corrected chi connectivity index (χ3v) is 17.1. The first kappa shape index (κ1) is 42.3. The number of allylic oxidation sites excluding steroid dienone is 1. The van der Waals surface area contributed by atoms with Gasteiger partial charge in [0.05, 0.1) is 24.5 Å². The van der Waals surface area contributed by atoms with Crippen LogP contribution in [-0.2, 0) is 23.5 Å². The van der Waals surface area contributed by atoms with Crippen molar-refractivity contribution in [3.8, 4) is 5.75 Å². The lowest BCUT2D eigenvalue weighted by Crippen LogP contribution is -2.66. The number of phenolic OH excluding ortho intramolecular Hbond substituents is 1. The van der Waals surface area contributed by atoms with Crippen molar-refractivity contribution in [3.05, 3.63) is 107 Å². The number of unbranched alkanes of at least 4 members (excludes halogenated alkanes) is 2. The van der Waals surface area contributed by atoms with E-state index in [9.17, 15) is 24.5 Å². The molecule has 0 saturated carbocycles. The van der Waals surface area contributed by atoms with Gasteiger partial charge in [-0.15, -0.1) is 0 Å². The lowest BCUT2D eigenvalue weighted by atomic mass is 9.58. The Morgan fingerprint density at radius 3 is 2.14 bits per heavy atom. The predicted molar refractivity (Wildman–Crippen MR) is 226 cm³/mol. The Morgan fingerprint density at radius 1 is 0.895 bits per heavy atom. The van der Waals surface area contributed by atoms with E-state index in [2.05, 4.69) is 82.3 Å². The van der Waals surface area contributed by atoms with Crippen molar-refractivity contribution in [2.75, 3.05) is 13.2 Å². The Morgan fingerprint density at radius 2 is 1.54 bits per heavy atom. The van der Waals surface area contributed by atoms with Crippen LogP contribution < -0.4 is 10.4 Å². The summed E-state index contributed by atoms with van der Waals surface area (Å²) in [5, 5.41) is 32.3. The van der Waals surface area contributed by atoms with Crippen molar-refractivity contribution >= 4 is 49.7 Å². The highest BCUT2D eigenvalue weighted by Crippen LogP contribution is 2.51. The van der Waals surface area contributed by atoms with Crippen LogP contribution in [0.4, 0.5) is 0 Å². The molecular formula is C46H58BNO8Si. The van der Waals surface area contributed by atoms with Crippen LogP contribution in [0.1, 0.15) is 91.0 Å². The number of carboxylic acids is 1. The molecule has 4 atom stereocenters. The maximum Gasteiger partial charge on any atom is 0.455 e. The summed E-state index contributed by atoms with van der Waals surface area (Å²) >= 11 is 0. The molecule has 3 aromatic carbocycles. The fourth-order valence-electron chi connectivity index (χ4n) is 9.58. The van der Waals surface area contributed by atoms with Crippen LogP contribution in [0.5, 0.6) is 5.75 Å². The number of carboxylic acid groups (broad SMARTS) is 1. The van der Waals surface area contributed by atoms with E-state index in [1.807, 2.05) is 24.3 Å². The molecule has 3 N–H and O–H groups in total. The van der Waals surface area contributed by atoms with Crippen LogP contribution in [0.15, 0.2) is 102 Å². The van der Waals surface area contributed by atoms with Gasteiger partial charge in [0.2, 0.25) is 11.8 Å². The minimum Gasteiger partial charge on any atom is -0.508 e. The molecule has 2 aliphatic heterocycles. The number of imide groups is 1. The van der Waals surface area contributed by atoms with E-state index in [-0.39, 0.29) is 54.4 Å². The van der Waals surface area contributed by atoms with Gasteiger partial charge >= 0.3 is 13.1 Å². The number of aliphatic carboxylic acids is 1. The van der Waals surface area contributed by atoms with Gasteiger partial charge in [0.15, 0.2) is 0 Å². The number of carbonyl (C=O) groups is 3. The molecule has 0 unspecified atom stereocenters. The fraction of sp³-hybridized carbons (Fsp3) is 0.457. The van der Waals surface area contributed by atoms with Gasteiger partial charge in [-0.2, -0.15) is 0 Å². The van der Waals surface area contributed by atoms with Gasteiger partial charge in [-0.1, -0.05) is 125 Å². The van der Waals surface area contributed by atoms with Crippen LogP contribution in [0, 0.1) is 17.8 Å². The monoisotopic (exact) mass is 791 g/mol. The number of fused-ring (bicyclic) bond motifs is 3. The zero-order valence-corrected chi connectivity index (χ0v) is 34.9. The van der Waals surface area contributed by atoms with Crippen LogP contribution >= 0.6 is 0 Å². The van der Waals surface area contributed by atoms with Gasteiger partial charge in [0.25, 0.3) is 8.32 Å². The lowest BCUT2D eigenvalue weighted by Gasteiger charge is -2.46. The second-order valence-corrected chi connectivity index (χ2v) is 21.3. The number of nitrogens with zero attached hydrogens (tertiary/aromatic N) is 1. The van der Waals surface area contributed by atoms with E-state index in [0.29, 0.717) is 38.5 Å². The Kier molecular flexibility index (Phi) is 13.8. The standard InChI is InChI=1S/C46H58BNO8Si/c1-5-15-32(28-33-21-24-35(49)25-22-33)23-26-40-42-34(31-55-57(46(2,3)4,36-16-9-6-10-17-36)37-18-11-7-12-19-37)29-38-43(39(42)30-47(54)56-40)45(53)48(44(38)52)27-14-8-13-20-41(50)51/h6-7,9-12,16-19,21-22,24-25,28,38-40,43,49,54H,5,8,13-15,20,23,26-27,29-31H2,1-4H3,(H,50,51)/b32-28+/t38-,39+,40-,43-/m1/s1. The minimum absolute atomic E-state index is 0.0561. The van der Waals surface area contributed by atoms with E-state index in [4.69, 9.17) is 14.2 Å². The smallest absolute Gasteiger partial charge is 0.455 e. The van der Waals surface area contributed by atoms with E-state index in [0.717, 1.165) is 39.9 Å². The van der Waals surface area contributed by atoms with Crippen molar-refractivity contribution in [1.29, 1.82) is 0 Å². The molecule has 0 spiro atoms. The first-order chi connectivity index (χ1) is 27.3. The molecule has 6 rings (SSSR count). The number of carbonyl (C=O) groups excluding carboxylic acids is 2. The molecular weight excluding hydrogens is 733 g/mol. The summed E-state index contributed by atoms with van der Waals surface area (Å²) in [7, 11) is -4.08. The zero-order chi connectivity index (χ0) is 40.7. The predicted octanol–water partition coefficient (Wildman–Crippen LogP) is 7.37. The normalized spacial score (nSPS) is 21.5. The first-order valence-electron chi connectivity index (χ1n) is 20.7. The maximum atomic E-state index is 14.3. The number of aromatic hydroxyl groups is 1. The summed E-state index contributed by atoms with van der Waals surface area (Å²) in [6.45, 7) is 9.38. The maximum absolute atomic E-state index is 14.3. The van der Waals surface area contributed by atoms with Gasteiger partial charge in [-0.3, -0.25) is 19.3 Å². The molecule has 9 nitrogen and oxygen atoms in total. The summed E-state index contributed by atoms with van der Waals surface area (Å²) in [6, 6.07) is 28.1. The van der Waals surface area contributed by atoms with Gasteiger partial charge in [-0.05, 0) is 95.0 Å². The average Bonchev–Trinajstić information content (AvgIpc) is 3.42. The van der Waals surface area contributed by atoms with Gasteiger partial charge < -0.3 is 24.3 Å². The second kappa shape index (κ2) is 18.5. The number of hydrogen-bond donors (Lipinski definition) is 3. The Hall–Kier alpha value is -4.29. The van der Waals surface area contributed by atoms with E-state index in [1.54, 1.807) is 12.1 Å². The molecule has 2 heterocycles. The number of hydrogen-bond acceptors (Lipinski definition) is 7. The Labute approximate surface area is 339 Å². The lowest BCUT2D eigenvalue weighted by molar-refractivity contribution is -0.141. The fourth-order valence-corrected chi connectivity index (χ4v) is 14.1. The third kappa shape index (κ3) is 9.38. The highest BCUT2D eigenvalue weighted by molar-refractivity contribution is 6.99. The van der Waals surface area contributed by atoms with Crippen molar-refractivity contribution < 1.29 is 38.7 Å². The van der Waals surface area contributed by atoms with Crippen LogP contribution in [0.25, 0.3) is 6.08 Å². The molecule has 0 bridgehead atoms. The first-order valence-corrected chi connectivity index (χ1v) is 22.6. The van der Waals surface area contributed by atoms with Crippen LogP contribution in [-0.4, -0.2) is 72.6 Å². The quantitative estimate of drug-likeness (QED) is 0.0559. The third-order valence-electron chi connectivity index (χ3n) is 12.1. The van der Waals surface area contributed by atoms with Crippen LogP contribution in [0.3, 0.4) is 0 Å². The molecule has 2 saturated heterocycles. The molecule has 2 amide bonds. The van der Waals surface area contributed by atoms with E-state index >= 15 is 0 Å². The SMILES string of the molecule is CCC/C(=C\c1ccc(O)cc1)CC[C@H]1OB(O)C[C@H]2C1=C(CO[Si](c1ccccc1)(c1ccccc1)C(C)(C)C)C[C@H]1C(=O)N(CCCCCC(=O)O)C(=O)[C@H]12. The largest absolute Gasteiger partial charge is 0.508 e. The summed E-state index contributed by atoms with van der Waals surface area (Å²) in [6.07, 6.45) is 7.07. The average molecular weight is 792 g/mol. The molecule has 2 fully saturated rings. The van der Waals surface area contributed by atoms with Gasteiger partial charge in [0.1, 0.15) is 5.75 Å². The molecule has 1 aliphatic carbocycles. The number of rotatable bonds is 17. The van der Waals surface area contributed by atoms with Gasteiger partial charge in [-0.25, -0.2) is 0 Å². The zero-order valence-electron chi connectivity index (χ0n) is 33.9. The number of likely N-dealkylation sites (tertiary alicyclic amines) is 1. The topological polar surface area (TPSA) is 134 Å². The molecule has 0 aromatic heterocycles. The van der Waals surface area contributed by atoms with Gasteiger partial charge in [0, 0.05) is 13.0 Å². The summed E-state index contributed by atoms with van der Waals surface area (Å²) < 4.78 is 13.9. The molecule has 302 valence electrons. The van der Waals surface area contributed by atoms with Crippen molar-refractivity contribution in [3.63, 3.8) is 0 Å². The number of benzene rings is 3. The minimum atomic E-state index is -2.99. The number of phenols is 1. The Bertz CT molecular complexity index is 1890. The molecule has 3 aromatic rings. The van der Waals surface area contributed by atoms with E-state index in [1.165, 1.54) is 10.5 Å². The van der Waals surface area contributed by atoms with Crippen molar-refractivity contribution in [2.24, 2.45) is 17.8 Å².